The lowest BCUT2D eigenvalue weighted by atomic mass is 10.0. The minimum absolute atomic E-state index is 0.0100. The van der Waals surface area contributed by atoms with Crippen molar-refractivity contribution >= 4 is 13.7 Å². The molecule has 0 fully saturated rings. The van der Waals surface area contributed by atoms with Gasteiger partial charge in [0.15, 0.2) is 0 Å². The molecule has 0 bridgehead atoms. The van der Waals surface area contributed by atoms with Gasteiger partial charge in [0.05, 0.1) is 39.9 Å². The van der Waals surface area contributed by atoms with Gasteiger partial charge in [0.25, 0.3) is 7.82 Å². The van der Waals surface area contributed by atoms with E-state index in [0.29, 0.717) is 23.9 Å². The van der Waals surface area contributed by atoms with Crippen LogP contribution in [0, 0.1) is 0 Å². The van der Waals surface area contributed by atoms with Crippen molar-refractivity contribution < 1.29 is 32.9 Å². The van der Waals surface area contributed by atoms with Crippen molar-refractivity contribution in [2.24, 2.45) is 0 Å². The molecule has 0 spiro atoms. The number of likely N-dealkylation sites (N-methyl/N-ethyl adjacent to an activating group) is 1. The van der Waals surface area contributed by atoms with Crippen molar-refractivity contribution in [3.05, 3.63) is 24.3 Å². The Morgan fingerprint density at radius 1 is 0.614 bits per heavy atom. The Hall–Kier alpha value is -1.02. The summed E-state index contributed by atoms with van der Waals surface area (Å²) in [6.45, 7) is 4.71. The maximum absolute atomic E-state index is 12.9. The van der Waals surface area contributed by atoms with E-state index in [4.69, 9.17) is 9.05 Å². The number of amides is 1. The van der Waals surface area contributed by atoms with Crippen LogP contribution in [0.2, 0.25) is 0 Å². The number of quaternary nitrogens is 1. The molecule has 2 N–H and O–H groups in total. The van der Waals surface area contributed by atoms with Crippen LogP contribution in [0.25, 0.3) is 0 Å². The second-order valence-corrected chi connectivity index (χ2v) is 19.2. The minimum Gasteiger partial charge on any atom is -0.756 e. The van der Waals surface area contributed by atoms with Crippen LogP contribution in [-0.4, -0.2) is 68.5 Å². The number of phosphoric acid groups is 1. The molecule has 0 aliphatic rings. The number of nitrogens with zero attached hydrogens (tertiary/aromatic N) is 1. The molecular formula is C48H95N2O6P. The van der Waals surface area contributed by atoms with E-state index in [2.05, 4.69) is 43.5 Å². The van der Waals surface area contributed by atoms with Crippen molar-refractivity contribution in [3.63, 3.8) is 0 Å². The zero-order valence-electron chi connectivity index (χ0n) is 38.3. The fourth-order valence-electron chi connectivity index (χ4n) is 7.07. The first-order valence-corrected chi connectivity index (χ1v) is 25.6. The van der Waals surface area contributed by atoms with E-state index < -0.39 is 20.0 Å². The lowest BCUT2D eigenvalue weighted by Crippen LogP contribution is -2.46. The molecule has 0 aromatic heterocycles. The smallest absolute Gasteiger partial charge is 0.268 e. The lowest BCUT2D eigenvalue weighted by molar-refractivity contribution is -0.870. The number of carbonyl (C=O) groups is 1. The Morgan fingerprint density at radius 2 is 1.02 bits per heavy atom. The van der Waals surface area contributed by atoms with E-state index >= 15 is 0 Å². The molecule has 0 aliphatic carbocycles. The van der Waals surface area contributed by atoms with E-state index in [-0.39, 0.29) is 19.1 Å². The van der Waals surface area contributed by atoms with E-state index in [1.807, 2.05) is 21.1 Å². The highest BCUT2D eigenvalue weighted by Crippen LogP contribution is 2.38. The summed E-state index contributed by atoms with van der Waals surface area (Å²) in [7, 11) is 1.30. The highest BCUT2D eigenvalue weighted by molar-refractivity contribution is 7.45. The summed E-state index contributed by atoms with van der Waals surface area (Å²) >= 11 is 0. The molecule has 1 amide bonds. The van der Waals surface area contributed by atoms with E-state index in [1.54, 1.807) is 0 Å². The van der Waals surface area contributed by atoms with Gasteiger partial charge in [-0.25, -0.2) is 0 Å². The standard InChI is InChI=1S/C48H95N2O6P/c1-6-8-10-12-14-16-18-20-22-24-25-26-27-29-31-33-35-37-39-41-47(51)46(45-56-57(53,54)55-44-43-50(3,4)5)49-48(52)42-40-38-36-34-32-30-28-23-21-19-17-15-13-11-9-7-2/h17,19,23,28,46-47,51H,6-16,18,20-22,24-27,29-45H2,1-5H3,(H-,49,52,53,54)/b19-17-,28-23-. The number of unbranched alkanes of at least 4 members (excludes halogenated alkanes) is 27. The molecule has 3 atom stereocenters. The molecule has 0 saturated heterocycles. The molecule has 0 aromatic rings. The molecule has 8 nitrogen and oxygen atoms in total. The summed E-state index contributed by atoms with van der Waals surface area (Å²) in [6.07, 6.45) is 47.5. The third-order valence-corrected chi connectivity index (χ3v) is 11.9. The van der Waals surface area contributed by atoms with Gasteiger partial charge < -0.3 is 28.8 Å². The van der Waals surface area contributed by atoms with E-state index in [0.717, 1.165) is 64.2 Å². The van der Waals surface area contributed by atoms with Crippen LogP contribution >= 0.6 is 7.82 Å². The highest BCUT2D eigenvalue weighted by atomic mass is 31.2. The first-order valence-electron chi connectivity index (χ1n) is 24.2. The molecule has 9 heteroatoms. The highest BCUT2D eigenvalue weighted by Gasteiger charge is 2.24. The molecular weight excluding hydrogens is 732 g/mol. The van der Waals surface area contributed by atoms with Crippen LogP contribution in [0.5, 0.6) is 0 Å². The summed E-state index contributed by atoms with van der Waals surface area (Å²) in [5, 5.41) is 13.9. The maximum atomic E-state index is 12.9. The monoisotopic (exact) mass is 827 g/mol. The molecule has 3 unspecified atom stereocenters. The van der Waals surface area contributed by atoms with Gasteiger partial charge in [0.1, 0.15) is 13.2 Å². The molecule has 0 radical (unpaired) electrons. The number of allylic oxidation sites excluding steroid dienone is 4. The summed E-state index contributed by atoms with van der Waals surface area (Å²) in [6, 6.07) is -0.806. The van der Waals surface area contributed by atoms with Crippen molar-refractivity contribution in [2.75, 3.05) is 40.9 Å². The first kappa shape index (κ1) is 56.0. The Bertz CT molecular complexity index is 984. The van der Waals surface area contributed by atoms with Crippen LogP contribution in [0.3, 0.4) is 0 Å². The Labute approximate surface area is 354 Å². The summed E-state index contributed by atoms with van der Waals surface area (Å²) in [5.74, 6) is -0.177. The number of aliphatic hydroxyl groups is 1. The number of phosphoric ester groups is 1. The molecule has 0 saturated carbocycles. The molecule has 57 heavy (non-hydrogen) atoms. The zero-order valence-corrected chi connectivity index (χ0v) is 39.2. The normalized spacial score (nSPS) is 14.4. The minimum atomic E-state index is -4.57. The molecule has 0 heterocycles. The zero-order chi connectivity index (χ0) is 42.1. The quantitative estimate of drug-likeness (QED) is 0.0274. The van der Waals surface area contributed by atoms with Gasteiger partial charge in [0.2, 0.25) is 5.91 Å². The van der Waals surface area contributed by atoms with Gasteiger partial charge in [-0.15, -0.1) is 0 Å². The van der Waals surface area contributed by atoms with Crippen molar-refractivity contribution in [1.29, 1.82) is 0 Å². The molecule has 0 aromatic carbocycles. The fourth-order valence-corrected chi connectivity index (χ4v) is 7.79. The van der Waals surface area contributed by atoms with Gasteiger partial charge >= 0.3 is 0 Å². The number of hydrogen-bond acceptors (Lipinski definition) is 6. The van der Waals surface area contributed by atoms with Gasteiger partial charge in [-0.3, -0.25) is 9.36 Å². The summed E-state index contributed by atoms with van der Waals surface area (Å²) < 4.78 is 23.3. The SMILES string of the molecule is CCCCCC/C=C\C/C=C\CCCCCCCC(=O)NC(COP(=O)([O-])OCC[N+](C)(C)C)C(O)CCCCCCCCCCCCCCCCCCCCC. The van der Waals surface area contributed by atoms with Crippen LogP contribution in [-0.2, 0) is 18.4 Å². The van der Waals surface area contributed by atoms with Crippen molar-refractivity contribution in [3.8, 4) is 0 Å². The topological polar surface area (TPSA) is 108 Å². The Kier molecular flexibility index (Phi) is 39.7. The van der Waals surface area contributed by atoms with Crippen LogP contribution in [0.15, 0.2) is 24.3 Å². The van der Waals surface area contributed by atoms with E-state index in [1.165, 1.54) is 135 Å². The van der Waals surface area contributed by atoms with Crippen LogP contribution in [0.1, 0.15) is 226 Å². The Morgan fingerprint density at radius 3 is 1.47 bits per heavy atom. The first-order chi connectivity index (χ1) is 27.5. The predicted octanol–water partition coefficient (Wildman–Crippen LogP) is 13.1. The fraction of sp³-hybridized carbons (Fsp3) is 0.896. The number of aliphatic hydroxyl groups excluding tert-OH is 1. The lowest BCUT2D eigenvalue weighted by Gasteiger charge is -2.30. The van der Waals surface area contributed by atoms with Gasteiger partial charge in [-0.05, 0) is 44.9 Å². The number of carbonyl (C=O) groups excluding carboxylic acids is 1. The second-order valence-electron chi connectivity index (χ2n) is 17.8. The second kappa shape index (κ2) is 40.4. The van der Waals surface area contributed by atoms with Crippen molar-refractivity contribution in [2.45, 2.75) is 238 Å². The third kappa shape index (κ3) is 42.9. The summed E-state index contributed by atoms with van der Waals surface area (Å²) in [5.41, 5.74) is 0. The molecule has 0 rings (SSSR count). The molecule has 0 aliphatic heterocycles. The summed E-state index contributed by atoms with van der Waals surface area (Å²) in [4.78, 5) is 25.4. The van der Waals surface area contributed by atoms with Crippen LogP contribution < -0.4 is 10.2 Å². The number of nitrogens with one attached hydrogen (secondary N) is 1. The number of rotatable bonds is 44. The number of hydrogen-bond donors (Lipinski definition) is 2. The largest absolute Gasteiger partial charge is 0.756 e. The van der Waals surface area contributed by atoms with E-state index in [9.17, 15) is 19.4 Å². The van der Waals surface area contributed by atoms with Crippen LogP contribution in [0.4, 0.5) is 0 Å². The average Bonchev–Trinajstić information content (AvgIpc) is 3.16. The predicted molar refractivity (Wildman–Crippen MR) is 242 cm³/mol. The average molecular weight is 827 g/mol. The van der Waals surface area contributed by atoms with Gasteiger partial charge in [-0.2, -0.15) is 0 Å². The Balaban J connectivity index is 4.32. The maximum Gasteiger partial charge on any atom is 0.268 e. The molecule has 338 valence electrons. The van der Waals surface area contributed by atoms with Gasteiger partial charge in [0, 0.05) is 6.42 Å². The third-order valence-electron chi connectivity index (χ3n) is 10.9. The van der Waals surface area contributed by atoms with Gasteiger partial charge in [-0.1, -0.05) is 199 Å². The van der Waals surface area contributed by atoms with Crippen molar-refractivity contribution in [1.82, 2.24) is 5.32 Å².